The van der Waals surface area contributed by atoms with Gasteiger partial charge in [-0.1, -0.05) is 71.1 Å². The third kappa shape index (κ3) is 5.63. The van der Waals surface area contributed by atoms with Gasteiger partial charge in [-0.15, -0.1) is 0 Å². The van der Waals surface area contributed by atoms with E-state index in [4.69, 9.17) is 9.47 Å². The Morgan fingerprint density at radius 1 is 0.960 bits per heavy atom. The highest BCUT2D eigenvalue weighted by Gasteiger charge is 2.56. The van der Waals surface area contributed by atoms with Gasteiger partial charge in [-0.05, 0) is 32.4 Å². The normalized spacial score (nSPS) is 30.6. The largest absolute Gasteiger partial charge is 0.384 e. The Hall–Kier alpha value is -0.710. The lowest BCUT2D eigenvalue weighted by molar-refractivity contribution is -0.346. The van der Waals surface area contributed by atoms with E-state index in [1.165, 1.54) is 57.4 Å². The van der Waals surface area contributed by atoms with Crippen molar-refractivity contribution >= 4 is 5.78 Å². The first-order valence-electron chi connectivity index (χ1n) is 10.2. The quantitative estimate of drug-likeness (QED) is 0.548. The van der Waals surface area contributed by atoms with E-state index in [0.717, 1.165) is 12.8 Å². The standard InChI is InChI=1S/C21H36O4/c1-4-5-6-7-8-9-10-11-12-13-16-21(23)18-15-14-17(22)19(21)25-20(2,3)24-18/h14-15,18-19,23H,4-13,16H2,1-3H3/t18-,19+,21-/m0/s1. The van der Waals surface area contributed by atoms with Crippen molar-refractivity contribution in [2.75, 3.05) is 0 Å². The van der Waals surface area contributed by atoms with Crippen LogP contribution in [0.25, 0.3) is 0 Å². The summed E-state index contributed by atoms with van der Waals surface area (Å²) in [6.45, 7) is 5.83. The monoisotopic (exact) mass is 352 g/mol. The molecule has 1 fully saturated rings. The van der Waals surface area contributed by atoms with Gasteiger partial charge >= 0.3 is 0 Å². The van der Waals surface area contributed by atoms with Gasteiger partial charge in [0, 0.05) is 0 Å². The van der Waals surface area contributed by atoms with Crippen LogP contribution in [-0.4, -0.2) is 34.5 Å². The van der Waals surface area contributed by atoms with Crippen molar-refractivity contribution in [3.63, 3.8) is 0 Å². The number of hydrogen-bond donors (Lipinski definition) is 1. The van der Waals surface area contributed by atoms with Crippen molar-refractivity contribution in [3.8, 4) is 0 Å². The molecule has 0 aromatic carbocycles. The molecular formula is C21H36O4. The summed E-state index contributed by atoms with van der Waals surface area (Å²) in [7, 11) is 0. The minimum atomic E-state index is -1.22. The van der Waals surface area contributed by atoms with Crippen LogP contribution in [0.2, 0.25) is 0 Å². The van der Waals surface area contributed by atoms with Gasteiger partial charge in [0.05, 0.1) is 0 Å². The predicted octanol–water partition coefficient (Wildman–Crippen LogP) is 4.69. The molecular weight excluding hydrogens is 316 g/mol. The summed E-state index contributed by atoms with van der Waals surface area (Å²) in [6.07, 6.45) is 14.9. The summed E-state index contributed by atoms with van der Waals surface area (Å²) < 4.78 is 11.6. The summed E-state index contributed by atoms with van der Waals surface area (Å²) in [5, 5.41) is 11.1. The lowest BCUT2D eigenvalue weighted by atomic mass is 9.78. The van der Waals surface area contributed by atoms with Gasteiger partial charge in [0.1, 0.15) is 11.7 Å². The molecule has 144 valence electrons. The fourth-order valence-electron chi connectivity index (χ4n) is 3.92. The minimum Gasteiger partial charge on any atom is -0.384 e. The van der Waals surface area contributed by atoms with E-state index in [1.54, 1.807) is 19.9 Å². The van der Waals surface area contributed by atoms with Gasteiger partial charge in [0.15, 0.2) is 17.7 Å². The summed E-state index contributed by atoms with van der Waals surface area (Å²) in [5.41, 5.74) is -1.22. The van der Waals surface area contributed by atoms with E-state index in [1.807, 2.05) is 0 Å². The second kappa shape index (κ2) is 9.29. The molecule has 4 nitrogen and oxygen atoms in total. The van der Waals surface area contributed by atoms with Crippen molar-refractivity contribution in [1.82, 2.24) is 0 Å². The summed E-state index contributed by atoms with van der Waals surface area (Å²) >= 11 is 0. The highest BCUT2D eigenvalue weighted by Crippen LogP contribution is 2.40. The number of carbonyl (C=O) groups is 1. The number of carbonyl (C=O) groups excluding carboxylic acids is 1. The third-order valence-electron chi connectivity index (χ3n) is 5.38. The molecule has 1 saturated heterocycles. The molecule has 2 rings (SSSR count). The molecule has 0 amide bonds. The molecule has 1 aliphatic heterocycles. The average Bonchev–Trinajstić information content (AvgIpc) is 2.55. The smallest absolute Gasteiger partial charge is 0.187 e. The van der Waals surface area contributed by atoms with Crippen LogP contribution in [0.5, 0.6) is 0 Å². The van der Waals surface area contributed by atoms with Crippen LogP contribution in [0, 0.1) is 0 Å². The Bertz CT molecular complexity index is 457. The molecule has 0 unspecified atom stereocenters. The second-order valence-electron chi connectivity index (χ2n) is 8.12. The molecule has 0 radical (unpaired) electrons. The van der Waals surface area contributed by atoms with Gasteiger partial charge in [-0.2, -0.15) is 0 Å². The molecule has 0 aromatic heterocycles. The molecule has 2 aliphatic rings. The zero-order chi connectivity index (χ0) is 18.3. The molecule has 0 aromatic rings. The topological polar surface area (TPSA) is 55.8 Å². The number of hydrogen-bond acceptors (Lipinski definition) is 4. The van der Waals surface area contributed by atoms with Crippen molar-refractivity contribution in [2.24, 2.45) is 0 Å². The zero-order valence-electron chi connectivity index (χ0n) is 16.3. The van der Waals surface area contributed by atoms with E-state index in [9.17, 15) is 9.90 Å². The van der Waals surface area contributed by atoms with Crippen molar-refractivity contribution in [2.45, 2.75) is 115 Å². The Morgan fingerprint density at radius 2 is 1.52 bits per heavy atom. The molecule has 0 spiro atoms. The Labute approximate surface area is 153 Å². The zero-order valence-corrected chi connectivity index (χ0v) is 16.3. The van der Waals surface area contributed by atoms with Gasteiger partial charge in [0.2, 0.25) is 0 Å². The lowest BCUT2D eigenvalue weighted by Crippen LogP contribution is -2.66. The third-order valence-corrected chi connectivity index (χ3v) is 5.38. The van der Waals surface area contributed by atoms with Crippen LogP contribution >= 0.6 is 0 Å². The molecule has 1 N–H and O–H groups in total. The van der Waals surface area contributed by atoms with Crippen LogP contribution in [0.4, 0.5) is 0 Å². The van der Waals surface area contributed by atoms with Gasteiger partial charge < -0.3 is 14.6 Å². The molecule has 1 aliphatic carbocycles. The second-order valence-corrected chi connectivity index (χ2v) is 8.12. The minimum absolute atomic E-state index is 0.151. The maximum Gasteiger partial charge on any atom is 0.187 e. The molecule has 0 saturated carbocycles. The first-order chi connectivity index (χ1) is 11.9. The highest BCUT2D eigenvalue weighted by atomic mass is 16.7. The van der Waals surface area contributed by atoms with E-state index in [2.05, 4.69) is 6.92 Å². The summed E-state index contributed by atoms with van der Waals surface area (Å²) in [5.74, 6) is -0.984. The van der Waals surface area contributed by atoms with Gasteiger partial charge in [-0.3, -0.25) is 4.79 Å². The first-order valence-corrected chi connectivity index (χ1v) is 10.2. The van der Waals surface area contributed by atoms with Gasteiger partial charge in [0.25, 0.3) is 0 Å². The molecule has 3 atom stereocenters. The van der Waals surface area contributed by atoms with Crippen LogP contribution < -0.4 is 0 Å². The highest BCUT2D eigenvalue weighted by molar-refractivity contribution is 5.96. The summed E-state index contributed by atoms with van der Waals surface area (Å²) in [6, 6.07) is 0. The number of ketones is 1. The maximum atomic E-state index is 12.2. The lowest BCUT2D eigenvalue weighted by Gasteiger charge is -2.51. The number of unbranched alkanes of at least 4 members (excludes halogenated alkanes) is 9. The average molecular weight is 353 g/mol. The van der Waals surface area contributed by atoms with Crippen molar-refractivity contribution in [1.29, 1.82) is 0 Å². The van der Waals surface area contributed by atoms with Crippen LogP contribution in [0.15, 0.2) is 12.2 Å². The van der Waals surface area contributed by atoms with Crippen LogP contribution in [-0.2, 0) is 14.3 Å². The number of ether oxygens (including phenoxy) is 2. The van der Waals surface area contributed by atoms with E-state index < -0.39 is 23.6 Å². The van der Waals surface area contributed by atoms with Crippen molar-refractivity contribution in [3.05, 3.63) is 12.2 Å². The maximum absolute atomic E-state index is 12.2. The van der Waals surface area contributed by atoms with E-state index >= 15 is 0 Å². The number of fused-ring (bicyclic) bond motifs is 2. The molecule has 25 heavy (non-hydrogen) atoms. The van der Waals surface area contributed by atoms with Crippen molar-refractivity contribution < 1.29 is 19.4 Å². The predicted molar refractivity (Wildman–Crippen MR) is 99.4 cm³/mol. The van der Waals surface area contributed by atoms with E-state index in [-0.39, 0.29) is 5.78 Å². The first kappa shape index (κ1) is 20.6. The molecule has 2 bridgehead atoms. The van der Waals surface area contributed by atoms with Crippen LogP contribution in [0.1, 0.15) is 91.4 Å². The van der Waals surface area contributed by atoms with E-state index in [0.29, 0.717) is 6.42 Å². The Kier molecular flexibility index (Phi) is 7.66. The fraction of sp³-hybridized carbons (Fsp3) is 0.857. The Balaban J connectivity index is 1.68. The number of rotatable bonds is 11. The summed E-state index contributed by atoms with van der Waals surface area (Å²) in [4.78, 5) is 12.2. The van der Waals surface area contributed by atoms with Crippen LogP contribution in [0.3, 0.4) is 0 Å². The Morgan fingerprint density at radius 3 is 2.12 bits per heavy atom. The SMILES string of the molecule is CCCCCCCCCCCC[C@]1(O)[C@@H]2C=CC(=O)[C@H]1OC(C)(C)O2. The molecule has 1 heterocycles. The fourth-order valence-corrected chi connectivity index (χ4v) is 3.92. The molecule has 4 heteroatoms. The number of aliphatic hydroxyl groups is 1. The van der Waals surface area contributed by atoms with Gasteiger partial charge in [-0.25, -0.2) is 0 Å².